The van der Waals surface area contributed by atoms with E-state index in [1.807, 2.05) is 51.1 Å². The molecule has 0 bridgehead atoms. The summed E-state index contributed by atoms with van der Waals surface area (Å²) in [6.45, 7) is 9.06. The van der Waals surface area contributed by atoms with E-state index in [1.54, 1.807) is 24.0 Å². The van der Waals surface area contributed by atoms with Gasteiger partial charge in [-0.1, -0.05) is 60.8 Å². The highest BCUT2D eigenvalue weighted by Crippen LogP contribution is 2.24. The minimum atomic E-state index is -0.617. The molecule has 2 aromatic rings. The Labute approximate surface area is 201 Å². The Bertz CT molecular complexity index is 901. The molecule has 1 N–H and O–H groups in total. The topological polar surface area (TPSA) is 58.6 Å². The number of hydrogen-bond acceptors (Lipinski definition) is 3. The van der Waals surface area contributed by atoms with E-state index >= 15 is 0 Å². The van der Waals surface area contributed by atoms with Gasteiger partial charge in [0.25, 0.3) is 0 Å². The molecule has 0 fully saturated rings. The van der Waals surface area contributed by atoms with Crippen LogP contribution in [0, 0.1) is 12.8 Å². The Morgan fingerprint density at radius 3 is 2.34 bits per heavy atom. The second kappa shape index (κ2) is 12.7. The standard InChI is InChI=1S/C25H32Cl2N2O3/c1-17(2)15-28-25(31)19(4)29(16-20-9-12-22(26)23(27)14-20)24(30)6-5-13-32-21-10-7-18(3)8-11-21/h7-12,14,17,19H,5-6,13,15-16H2,1-4H3,(H,28,31)/t19-/m0/s1. The Balaban J connectivity index is 2.02. The van der Waals surface area contributed by atoms with Crippen LogP contribution in [-0.2, 0) is 16.1 Å². The maximum Gasteiger partial charge on any atom is 0.242 e. The molecule has 0 saturated carbocycles. The second-order valence-corrected chi connectivity index (χ2v) is 9.16. The summed E-state index contributed by atoms with van der Waals surface area (Å²) in [6, 6.07) is 12.4. The molecule has 0 saturated heterocycles. The molecule has 0 unspecified atom stereocenters. The third-order valence-electron chi connectivity index (χ3n) is 5.01. The summed E-state index contributed by atoms with van der Waals surface area (Å²) in [5, 5.41) is 3.78. The second-order valence-electron chi connectivity index (χ2n) is 8.35. The van der Waals surface area contributed by atoms with Gasteiger partial charge in [-0.2, -0.15) is 0 Å². The van der Waals surface area contributed by atoms with Crippen LogP contribution in [0.5, 0.6) is 5.75 Å². The molecule has 32 heavy (non-hydrogen) atoms. The third kappa shape index (κ3) is 8.36. The van der Waals surface area contributed by atoms with Gasteiger partial charge in [0.1, 0.15) is 11.8 Å². The molecule has 0 spiro atoms. The lowest BCUT2D eigenvalue weighted by Gasteiger charge is -2.29. The highest BCUT2D eigenvalue weighted by molar-refractivity contribution is 6.42. The highest BCUT2D eigenvalue weighted by atomic mass is 35.5. The Morgan fingerprint density at radius 2 is 1.72 bits per heavy atom. The zero-order valence-electron chi connectivity index (χ0n) is 19.2. The van der Waals surface area contributed by atoms with Crippen LogP contribution in [0.4, 0.5) is 0 Å². The summed E-state index contributed by atoms with van der Waals surface area (Å²) < 4.78 is 5.73. The highest BCUT2D eigenvalue weighted by Gasteiger charge is 2.26. The Morgan fingerprint density at radius 1 is 1.03 bits per heavy atom. The van der Waals surface area contributed by atoms with Gasteiger partial charge in [0, 0.05) is 19.5 Å². The summed E-state index contributed by atoms with van der Waals surface area (Å²) >= 11 is 12.2. The van der Waals surface area contributed by atoms with Crippen molar-refractivity contribution in [1.29, 1.82) is 0 Å². The molecule has 5 nitrogen and oxygen atoms in total. The molecular weight excluding hydrogens is 447 g/mol. The van der Waals surface area contributed by atoms with E-state index in [0.717, 1.165) is 16.9 Å². The lowest BCUT2D eigenvalue weighted by Crippen LogP contribution is -2.48. The average Bonchev–Trinajstić information content (AvgIpc) is 2.76. The van der Waals surface area contributed by atoms with Gasteiger partial charge in [-0.15, -0.1) is 0 Å². The molecule has 7 heteroatoms. The fourth-order valence-corrected chi connectivity index (χ4v) is 3.38. The van der Waals surface area contributed by atoms with Gasteiger partial charge >= 0.3 is 0 Å². The molecule has 1 atom stereocenters. The van der Waals surface area contributed by atoms with Crippen LogP contribution in [0.1, 0.15) is 44.7 Å². The molecule has 0 aliphatic carbocycles. The van der Waals surface area contributed by atoms with Crippen LogP contribution in [0.15, 0.2) is 42.5 Å². The van der Waals surface area contributed by atoms with Gasteiger partial charge in [0.05, 0.1) is 16.7 Å². The van der Waals surface area contributed by atoms with Crippen LogP contribution >= 0.6 is 23.2 Å². The van der Waals surface area contributed by atoms with Gasteiger partial charge in [0.2, 0.25) is 11.8 Å². The van der Waals surface area contributed by atoms with Gasteiger partial charge in [-0.3, -0.25) is 9.59 Å². The Hall–Kier alpha value is -2.24. The first-order valence-corrected chi connectivity index (χ1v) is 11.6. The summed E-state index contributed by atoms with van der Waals surface area (Å²) in [6.07, 6.45) is 0.819. The quantitative estimate of drug-likeness (QED) is 0.424. The fraction of sp³-hybridized carbons (Fsp3) is 0.440. The van der Waals surface area contributed by atoms with Gasteiger partial charge in [-0.25, -0.2) is 0 Å². The van der Waals surface area contributed by atoms with E-state index < -0.39 is 6.04 Å². The number of aryl methyl sites for hydroxylation is 1. The number of amides is 2. The van der Waals surface area contributed by atoms with Crippen molar-refractivity contribution in [3.63, 3.8) is 0 Å². The van der Waals surface area contributed by atoms with E-state index in [4.69, 9.17) is 27.9 Å². The maximum atomic E-state index is 13.1. The molecule has 0 aliphatic rings. The predicted molar refractivity (Wildman–Crippen MR) is 130 cm³/mol. The van der Waals surface area contributed by atoms with Gasteiger partial charge < -0.3 is 15.0 Å². The SMILES string of the molecule is Cc1ccc(OCCCC(=O)N(Cc2ccc(Cl)c(Cl)c2)[C@@H](C)C(=O)NCC(C)C)cc1. The van der Waals surface area contributed by atoms with Crippen molar-refractivity contribution in [1.82, 2.24) is 10.2 Å². The molecule has 0 heterocycles. The molecule has 2 amide bonds. The monoisotopic (exact) mass is 478 g/mol. The van der Waals surface area contributed by atoms with Crippen LogP contribution in [-0.4, -0.2) is 35.9 Å². The van der Waals surface area contributed by atoms with Crippen molar-refractivity contribution < 1.29 is 14.3 Å². The minimum absolute atomic E-state index is 0.115. The van der Waals surface area contributed by atoms with E-state index in [-0.39, 0.29) is 24.8 Å². The molecule has 0 aliphatic heterocycles. The van der Waals surface area contributed by atoms with Crippen molar-refractivity contribution in [3.8, 4) is 5.75 Å². The number of benzene rings is 2. The number of halogens is 2. The molecule has 2 aromatic carbocycles. The van der Waals surface area contributed by atoms with Crippen LogP contribution < -0.4 is 10.1 Å². The number of nitrogens with one attached hydrogen (secondary N) is 1. The first-order valence-electron chi connectivity index (χ1n) is 10.9. The van der Waals surface area contributed by atoms with Crippen molar-refractivity contribution in [2.24, 2.45) is 5.92 Å². The molecule has 174 valence electrons. The maximum absolute atomic E-state index is 13.1. The molecule has 0 radical (unpaired) electrons. The number of rotatable bonds is 11. The predicted octanol–water partition coefficient (Wildman–Crippen LogP) is 5.65. The Kier molecular flexibility index (Phi) is 10.3. The first-order chi connectivity index (χ1) is 15.2. The first kappa shape index (κ1) is 26.0. The number of nitrogens with zero attached hydrogens (tertiary/aromatic N) is 1. The van der Waals surface area contributed by atoms with Gasteiger partial charge in [-0.05, 0) is 56.0 Å². The lowest BCUT2D eigenvalue weighted by atomic mass is 10.1. The third-order valence-corrected chi connectivity index (χ3v) is 5.75. The molecule has 0 aromatic heterocycles. The number of ether oxygens (including phenoxy) is 1. The van der Waals surface area contributed by atoms with Crippen LogP contribution in [0.3, 0.4) is 0 Å². The molecule has 2 rings (SSSR count). The van der Waals surface area contributed by atoms with Crippen molar-refractivity contribution in [2.75, 3.05) is 13.2 Å². The fourth-order valence-electron chi connectivity index (χ4n) is 3.06. The van der Waals surface area contributed by atoms with Crippen molar-refractivity contribution in [2.45, 2.75) is 53.1 Å². The lowest BCUT2D eigenvalue weighted by molar-refractivity contribution is -0.140. The van der Waals surface area contributed by atoms with E-state index in [0.29, 0.717) is 35.5 Å². The van der Waals surface area contributed by atoms with E-state index in [2.05, 4.69) is 5.32 Å². The number of carbonyl (C=O) groups excluding carboxylic acids is 2. The number of carbonyl (C=O) groups is 2. The largest absolute Gasteiger partial charge is 0.494 e. The van der Waals surface area contributed by atoms with Crippen molar-refractivity contribution >= 4 is 35.0 Å². The number of hydrogen-bond donors (Lipinski definition) is 1. The zero-order chi connectivity index (χ0) is 23.7. The van der Waals surface area contributed by atoms with Crippen LogP contribution in [0.2, 0.25) is 10.0 Å². The van der Waals surface area contributed by atoms with E-state index in [9.17, 15) is 9.59 Å². The summed E-state index contributed by atoms with van der Waals surface area (Å²) in [5.74, 6) is 0.806. The molecular formula is C25H32Cl2N2O3. The smallest absolute Gasteiger partial charge is 0.242 e. The van der Waals surface area contributed by atoms with Crippen molar-refractivity contribution in [3.05, 3.63) is 63.6 Å². The summed E-state index contributed by atoms with van der Waals surface area (Å²) in [7, 11) is 0. The van der Waals surface area contributed by atoms with Crippen LogP contribution in [0.25, 0.3) is 0 Å². The normalized spacial score (nSPS) is 11.8. The zero-order valence-corrected chi connectivity index (χ0v) is 20.7. The van der Waals surface area contributed by atoms with E-state index in [1.165, 1.54) is 0 Å². The minimum Gasteiger partial charge on any atom is -0.494 e. The average molecular weight is 479 g/mol. The summed E-state index contributed by atoms with van der Waals surface area (Å²) in [5.41, 5.74) is 1.97. The van der Waals surface area contributed by atoms with Gasteiger partial charge in [0.15, 0.2) is 0 Å². The summed E-state index contributed by atoms with van der Waals surface area (Å²) in [4.78, 5) is 27.3.